The van der Waals surface area contributed by atoms with Crippen LogP contribution in [0.5, 0.6) is 0 Å². The summed E-state index contributed by atoms with van der Waals surface area (Å²) in [6.45, 7) is 1.71. The van der Waals surface area contributed by atoms with E-state index in [2.05, 4.69) is 30.4 Å². The van der Waals surface area contributed by atoms with Crippen LogP contribution in [0, 0.1) is 0 Å². The smallest absolute Gasteiger partial charge is 0.414 e. The largest absolute Gasteiger partial charge is 0.473 e. The number of carbonyl (C=O) groups is 3. The zero-order valence-corrected chi connectivity index (χ0v) is 16.0. The number of nitrogens with zero attached hydrogens (tertiary/aromatic N) is 6. The molecule has 1 fully saturated rings. The average Bonchev–Trinajstić information content (AvgIpc) is 3.22. The lowest BCUT2D eigenvalue weighted by atomic mass is 10.0. The number of nitrogens with one attached hydrogen (secondary N) is 1. The van der Waals surface area contributed by atoms with E-state index in [-0.39, 0.29) is 11.8 Å². The first-order valence-electron chi connectivity index (χ1n) is 8.91. The molecule has 160 valence electrons. The number of carboxylic acid groups (broad SMARTS) is 2. The molecule has 13 heteroatoms. The zero-order valence-electron chi connectivity index (χ0n) is 16.0. The van der Waals surface area contributed by atoms with Gasteiger partial charge in [0.2, 0.25) is 17.6 Å². The Balaban J connectivity index is 0.000000401. The Morgan fingerprint density at radius 3 is 2.45 bits per heavy atom. The van der Waals surface area contributed by atoms with E-state index in [1.165, 1.54) is 0 Å². The van der Waals surface area contributed by atoms with Gasteiger partial charge < -0.3 is 20.1 Å². The number of rotatable bonds is 5. The summed E-state index contributed by atoms with van der Waals surface area (Å²) in [5.74, 6) is -2.60. The summed E-state index contributed by atoms with van der Waals surface area (Å²) in [4.78, 5) is 48.7. The fourth-order valence-electron chi connectivity index (χ4n) is 2.62. The van der Waals surface area contributed by atoms with Crippen molar-refractivity contribution in [3.05, 3.63) is 49.0 Å². The molecule has 13 nitrogen and oxygen atoms in total. The van der Waals surface area contributed by atoms with Crippen molar-refractivity contribution in [3.63, 3.8) is 0 Å². The SMILES string of the molecule is O=C(CN1CC(c2nc(-c3cnccn3)no2)C1)Nc1cccnc1.O=C(O)C(=O)O. The van der Waals surface area contributed by atoms with Gasteiger partial charge in [-0.2, -0.15) is 4.98 Å². The van der Waals surface area contributed by atoms with Gasteiger partial charge in [-0.1, -0.05) is 5.16 Å². The fraction of sp³-hybridized carbons (Fsp3) is 0.222. The van der Waals surface area contributed by atoms with Crippen molar-refractivity contribution in [2.75, 3.05) is 25.0 Å². The number of carboxylic acids is 2. The van der Waals surface area contributed by atoms with Gasteiger partial charge in [0.1, 0.15) is 5.69 Å². The molecule has 1 aliphatic rings. The van der Waals surface area contributed by atoms with Crippen molar-refractivity contribution in [2.24, 2.45) is 0 Å². The quantitative estimate of drug-likeness (QED) is 0.468. The molecule has 4 rings (SSSR count). The van der Waals surface area contributed by atoms with E-state index in [1.54, 1.807) is 43.1 Å². The zero-order chi connectivity index (χ0) is 22.2. The maximum atomic E-state index is 12.0. The van der Waals surface area contributed by atoms with Crippen LogP contribution in [0.2, 0.25) is 0 Å². The standard InChI is InChI=1S/C16H15N7O2.C2H2O4/c24-14(20-12-2-1-3-17-6-12)10-23-8-11(9-23)16-21-15(22-25-16)13-7-18-4-5-19-13;3-1(4)2(5)6/h1-7,11H,8-10H2,(H,20,24);(H,3,4)(H,5,6). The highest BCUT2D eigenvalue weighted by Crippen LogP contribution is 2.26. The van der Waals surface area contributed by atoms with E-state index in [0.29, 0.717) is 42.7 Å². The van der Waals surface area contributed by atoms with E-state index in [4.69, 9.17) is 24.3 Å². The van der Waals surface area contributed by atoms with Gasteiger partial charge in [0.05, 0.1) is 30.5 Å². The molecule has 0 radical (unpaired) electrons. The lowest BCUT2D eigenvalue weighted by Gasteiger charge is -2.36. The molecule has 4 heterocycles. The molecule has 0 atom stereocenters. The van der Waals surface area contributed by atoms with Crippen molar-refractivity contribution >= 4 is 23.5 Å². The summed E-state index contributed by atoms with van der Waals surface area (Å²) in [6.07, 6.45) is 8.03. The van der Waals surface area contributed by atoms with Crippen LogP contribution in [-0.2, 0) is 14.4 Å². The van der Waals surface area contributed by atoms with Crippen molar-refractivity contribution in [2.45, 2.75) is 5.92 Å². The molecule has 1 aliphatic heterocycles. The van der Waals surface area contributed by atoms with Gasteiger partial charge in [-0.15, -0.1) is 0 Å². The Morgan fingerprint density at radius 1 is 1.10 bits per heavy atom. The molecule has 1 saturated heterocycles. The van der Waals surface area contributed by atoms with E-state index < -0.39 is 11.9 Å². The first kappa shape index (κ1) is 21.4. The minimum atomic E-state index is -1.82. The van der Waals surface area contributed by atoms with E-state index in [0.717, 1.165) is 0 Å². The third-order valence-corrected chi connectivity index (χ3v) is 4.04. The van der Waals surface area contributed by atoms with Crippen LogP contribution in [0.25, 0.3) is 11.5 Å². The summed E-state index contributed by atoms with van der Waals surface area (Å²) >= 11 is 0. The molecule has 0 spiro atoms. The van der Waals surface area contributed by atoms with Crippen molar-refractivity contribution in [1.82, 2.24) is 30.0 Å². The van der Waals surface area contributed by atoms with E-state index >= 15 is 0 Å². The Hall–Kier alpha value is -4.26. The molecular weight excluding hydrogens is 410 g/mol. The Labute approximate surface area is 174 Å². The average molecular weight is 427 g/mol. The van der Waals surface area contributed by atoms with Gasteiger partial charge in [-0.25, -0.2) is 14.6 Å². The molecule has 0 aliphatic carbocycles. The molecular formula is C18H17N7O6. The highest BCUT2D eigenvalue weighted by Gasteiger charge is 2.33. The topological polar surface area (TPSA) is 185 Å². The van der Waals surface area contributed by atoms with Gasteiger partial charge in [0.15, 0.2) is 0 Å². The van der Waals surface area contributed by atoms with Crippen molar-refractivity contribution in [1.29, 1.82) is 0 Å². The molecule has 0 saturated carbocycles. The summed E-state index contributed by atoms with van der Waals surface area (Å²) < 4.78 is 5.31. The normalized spacial score (nSPS) is 13.4. The number of aromatic nitrogens is 5. The number of carbonyl (C=O) groups excluding carboxylic acids is 1. The van der Waals surface area contributed by atoms with E-state index in [9.17, 15) is 4.79 Å². The first-order valence-corrected chi connectivity index (χ1v) is 8.91. The van der Waals surface area contributed by atoms with Crippen LogP contribution in [0.3, 0.4) is 0 Å². The Morgan fingerprint density at radius 2 is 1.84 bits per heavy atom. The van der Waals surface area contributed by atoms with Crippen molar-refractivity contribution < 1.29 is 29.1 Å². The highest BCUT2D eigenvalue weighted by atomic mass is 16.5. The second-order valence-electron chi connectivity index (χ2n) is 6.34. The number of likely N-dealkylation sites (tertiary alicyclic amines) is 1. The number of pyridine rings is 1. The van der Waals surface area contributed by atoms with Gasteiger partial charge in [0.25, 0.3) is 0 Å². The van der Waals surface area contributed by atoms with Crippen LogP contribution in [-0.4, -0.2) is 77.7 Å². The lowest BCUT2D eigenvalue weighted by molar-refractivity contribution is -0.159. The highest BCUT2D eigenvalue weighted by molar-refractivity contribution is 6.27. The summed E-state index contributed by atoms with van der Waals surface area (Å²) in [5, 5.41) is 21.5. The Kier molecular flexibility index (Phi) is 6.90. The van der Waals surface area contributed by atoms with Crippen LogP contribution < -0.4 is 5.32 Å². The predicted molar refractivity (Wildman–Crippen MR) is 103 cm³/mol. The fourth-order valence-corrected chi connectivity index (χ4v) is 2.62. The van der Waals surface area contributed by atoms with Crippen LogP contribution >= 0.6 is 0 Å². The van der Waals surface area contributed by atoms with Gasteiger partial charge in [-0.05, 0) is 12.1 Å². The summed E-state index contributed by atoms with van der Waals surface area (Å²) in [6, 6.07) is 3.58. The second-order valence-corrected chi connectivity index (χ2v) is 6.34. The second kappa shape index (κ2) is 9.98. The summed E-state index contributed by atoms with van der Waals surface area (Å²) in [7, 11) is 0. The molecule has 0 aromatic carbocycles. The van der Waals surface area contributed by atoms with Gasteiger partial charge in [0, 0.05) is 31.7 Å². The van der Waals surface area contributed by atoms with E-state index in [1.807, 2.05) is 4.90 Å². The van der Waals surface area contributed by atoms with Gasteiger partial charge in [-0.3, -0.25) is 19.7 Å². The molecule has 0 bridgehead atoms. The number of anilines is 1. The third-order valence-electron chi connectivity index (χ3n) is 4.04. The summed E-state index contributed by atoms with van der Waals surface area (Å²) in [5.41, 5.74) is 1.26. The number of hydrogen-bond donors (Lipinski definition) is 3. The first-order chi connectivity index (χ1) is 14.9. The lowest BCUT2D eigenvalue weighted by Crippen LogP contribution is -2.48. The maximum absolute atomic E-state index is 12.0. The monoisotopic (exact) mass is 427 g/mol. The van der Waals surface area contributed by atoms with Crippen LogP contribution in [0.15, 0.2) is 47.6 Å². The number of aliphatic carboxylic acids is 2. The van der Waals surface area contributed by atoms with Crippen LogP contribution in [0.4, 0.5) is 5.69 Å². The minimum Gasteiger partial charge on any atom is -0.473 e. The van der Waals surface area contributed by atoms with Crippen LogP contribution in [0.1, 0.15) is 11.8 Å². The molecule has 31 heavy (non-hydrogen) atoms. The number of hydrogen-bond acceptors (Lipinski definition) is 10. The molecule has 1 amide bonds. The molecule has 3 N–H and O–H groups in total. The molecule has 0 unspecified atom stereocenters. The molecule has 3 aromatic rings. The Bertz CT molecular complexity index is 1030. The predicted octanol–water partition coefficient (Wildman–Crippen LogP) is 0.115. The minimum absolute atomic E-state index is 0.0720. The number of amides is 1. The third kappa shape index (κ3) is 6.11. The van der Waals surface area contributed by atoms with Crippen molar-refractivity contribution in [3.8, 4) is 11.5 Å². The maximum Gasteiger partial charge on any atom is 0.414 e. The van der Waals surface area contributed by atoms with Gasteiger partial charge >= 0.3 is 11.9 Å². The molecule has 3 aromatic heterocycles.